The summed E-state index contributed by atoms with van der Waals surface area (Å²) in [5.74, 6) is 0.533. The van der Waals surface area contributed by atoms with E-state index in [-0.39, 0.29) is 5.82 Å². The van der Waals surface area contributed by atoms with Gasteiger partial charge in [0.25, 0.3) is 0 Å². The van der Waals surface area contributed by atoms with Gasteiger partial charge < -0.3 is 5.32 Å². The number of rotatable bonds is 2. The molecule has 1 heterocycles. The number of aromatic nitrogens is 1. The highest BCUT2D eigenvalue weighted by Crippen LogP contribution is 2.23. The van der Waals surface area contributed by atoms with Gasteiger partial charge in [0, 0.05) is 17.3 Å². The first-order chi connectivity index (χ1) is 8.83. The van der Waals surface area contributed by atoms with E-state index in [1.807, 2.05) is 30.3 Å². The lowest BCUT2D eigenvalue weighted by molar-refractivity contribution is 0.628. The predicted molar refractivity (Wildman–Crippen MR) is 71.4 cm³/mol. The molecule has 2 nitrogen and oxygen atoms in total. The van der Waals surface area contributed by atoms with E-state index in [0.29, 0.717) is 0 Å². The zero-order chi connectivity index (χ0) is 12.4. The molecule has 0 aliphatic rings. The van der Waals surface area contributed by atoms with Crippen LogP contribution in [0.2, 0.25) is 0 Å². The second kappa shape index (κ2) is 4.45. The number of pyridine rings is 1. The molecule has 1 aromatic heterocycles. The molecule has 3 rings (SSSR count). The molecule has 1 N–H and O–H groups in total. The fraction of sp³-hybridized carbons (Fsp3) is 0. The summed E-state index contributed by atoms with van der Waals surface area (Å²) in [6.45, 7) is 0. The molecule has 2 aromatic carbocycles. The maximum atomic E-state index is 12.8. The lowest BCUT2D eigenvalue weighted by Crippen LogP contribution is -1.94. The van der Waals surface area contributed by atoms with Gasteiger partial charge in [0.1, 0.15) is 11.6 Å². The highest BCUT2D eigenvalue weighted by molar-refractivity contribution is 5.93. The summed E-state index contributed by atoms with van der Waals surface area (Å²) in [5.41, 5.74) is 0.820. The highest BCUT2D eigenvalue weighted by Gasteiger charge is 2.02. The van der Waals surface area contributed by atoms with Gasteiger partial charge in [-0.15, -0.1) is 0 Å². The number of nitrogens with zero attached hydrogens (tertiary/aromatic N) is 1. The van der Waals surface area contributed by atoms with Crippen molar-refractivity contribution >= 4 is 22.3 Å². The minimum atomic E-state index is -0.244. The predicted octanol–water partition coefficient (Wildman–Crippen LogP) is 4.12. The summed E-state index contributed by atoms with van der Waals surface area (Å²) in [7, 11) is 0. The van der Waals surface area contributed by atoms with E-state index in [9.17, 15) is 4.39 Å². The number of hydrogen-bond donors (Lipinski definition) is 1. The van der Waals surface area contributed by atoms with E-state index in [0.717, 1.165) is 22.3 Å². The molecule has 0 saturated heterocycles. The normalized spacial score (nSPS) is 10.5. The Hall–Kier alpha value is -2.42. The van der Waals surface area contributed by atoms with E-state index in [1.54, 1.807) is 18.3 Å². The maximum absolute atomic E-state index is 12.8. The van der Waals surface area contributed by atoms with Crippen LogP contribution in [0.3, 0.4) is 0 Å². The summed E-state index contributed by atoms with van der Waals surface area (Å²) in [6, 6.07) is 16.2. The van der Waals surface area contributed by atoms with Crippen molar-refractivity contribution in [1.82, 2.24) is 4.98 Å². The Labute approximate surface area is 104 Å². The van der Waals surface area contributed by atoms with Crippen LogP contribution in [0, 0.1) is 5.82 Å². The van der Waals surface area contributed by atoms with Crippen LogP contribution in [0.15, 0.2) is 60.8 Å². The third-order valence-corrected chi connectivity index (χ3v) is 2.78. The van der Waals surface area contributed by atoms with E-state index >= 15 is 0 Å². The molecule has 88 valence electrons. The SMILES string of the molecule is Fc1ccc(Nc2nccc3ccccc23)cc1. The van der Waals surface area contributed by atoms with Gasteiger partial charge in [-0.2, -0.15) is 0 Å². The van der Waals surface area contributed by atoms with Gasteiger partial charge in [-0.1, -0.05) is 24.3 Å². The third kappa shape index (κ3) is 2.02. The van der Waals surface area contributed by atoms with Crippen molar-refractivity contribution < 1.29 is 4.39 Å². The Balaban J connectivity index is 2.02. The Morgan fingerprint density at radius 1 is 0.889 bits per heavy atom. The van der Waals surface area contributed by atoms with Gasteiger partial charge in [-0.3, -0.25) is 0 Å². The van der Waals surface area contributed by atoms with Gasteiger partial charge in [0.2, 0.25) is 0 Å². The average molecular weight is 238 g/mol. The molecule has 0 unspecified atom stereocenters. The monoisotopic (exact) mass is 238 g/mol. The van der Waals surface area contributed by atoms with Crippen molar-refractivity contribution in [3.8, 4) is 0 Å². The molecule has 0 atom stereocenters. The van der Waals surface area contributed by atoms with Crippen molar-refractivity contribution in [3.05, 3.63) is 66.6 Å². The fourth-order valence-electron chi connectivity index (χ4n) is 1.89. The van der Waals surface area contributed by atoms with Crippen molar-refractivity contribution in [2.75, 3.05) is 5.32 Å². The summed E-state index contributed by atoms with van der Waals surface area (Å²) < 4.78 is 12.8. The minimum Gasteiger partial charge on any atom is -0.340 e. The van der Waals surface area contributed by atoms with E-state index in [2.05, 4.69) is 10.3 Å². The Morgan fingerprint density at radius 3 is 2.50 bits per heavy atom. The average Bonchev–Trinajstić information content (AvgIpc) is 2.42. The lowest BCUT2D eigenvalue weighted by Gasteiger charge is -2.08. The molecule has 0 spiro atoms. The quantitative estimate of drug-likeness (QED) is 0.726. The summed E-state index contributed by atoms with van der Waals surface area (Å²) >= 11 is 0. The summed E-state index contributed by atoms with van der Waals surface area (Å²) in [5, 5.41) is 5.36. The zero-order valence-electron chi connectivity index (χ0n) is 9.60. The molecule has 0 aliphatic carbocycles. The standard InChI is InChI=1S/C15H11FN2/c16-12-5-7-13(8-6-12)18-15-14-4-2-1-3-11(14)9-10-17-15/h1-10H,(H,17,18). The number of anilines is 2. The van der Waals surface area contributed by atoms with Gasteiger partial charge in [0.15, 0.2) is 0 Å². The van der Waals surface area contributed by atoms with Crippen molar-refractivity contribution in [1.29, 1.82) is 0 Å². The van der Waals surface area contributed by atoms with Crippen LogP contribution in [0.4, 0.5) is 15.9 Å². The topological polar surface area (TPSA) is 24.9 Å². The third-order valence-electron chi connectivity index (χ3n) is 2.78. The number of halogens is 1. The van der Waals surface area contributed by atoms with Crippen LogP contribution in [0.5, 0.6) is 0 Å². The van der Waals surface area contributed by atoms with Crippen LogP contribution in [0.25, 0.3) is 10.8 Å². The maximum Gasteiger partial charge on any atom is 0.138 e. The van der Waals surface area contributed by atoms with Crippen molar-refractivity contribution in [2.24, 2.45) is 0 Å². The summed E-state index contributed by atoms with van der Waals surface area (Å²) in [4.78, 5) is 4.32. The van der Waals surface area contributed by atoms with Crippen molar-refractivity contribution in [2.45, 2.75) is 0 Å². The number of benzene rings is 2. The van der Waals surface area contributed by atoms with Crippen LogP contribution in [-0.2, 0) is 0 Å². The first-order valence-corrected chi connectivity index (χ1v) is 5.69. The van der Waals surface area contributed by atoms with E-state index < -0.39 is 0 Å². The minimum absolute atomic E-state index is 0.244. The molecule has 0 amide bonds. The second-order valence-corrected chi connectivity index (χ2v) is 4.01. The van der Waals surface area contributed by atoms with Gasteiger partial charge in [-0.25, -0.2) is 9.37 Å². The fourth-order valence-corrected chi connectivity index (χ4v) is 1.89. The number of fused-ring (bicyclic) bond motifs is 1. The largest absolute Gasteiger partial charge is 0.340 e. The van der Waals surface area contributed by atoms with Crippen molar-refractivity contribution in [3.63, 3.8) is 0 Å². The molecule has 18 heavy (non-hydrogen) atoms. The van der Waals surface area contributed by atoms with Gasteiger partial charge in [-0.05, 0) is 35.7 Å². The van der Waals surface area contributed by atoms with Gasteiger partial charge in [0.05, 0.1) is 0 Å². The Bertz CT molecular complexity index is 672. The van der Waals surface area contributed by atoms with Crippen LogP contribution < -0.4 is 5.32 Å². The highest BCUT2D eigenvalue weighted by atomic mass is 19.1. The smallest absolute Gasteiger partial charge is 0.138 e. The molecule has 0 radical (unpaired) electrons. The Kier molecular flexibility index (Phi) is 2.65. The second-order valence-electron chi connectivity index (χ2n) is 4.01. The lowest BCUT2D eigenvalue weighted by atomic mass is 10.1. The first-order valence-electron chi connectivity index (χ1n) is 5.69. The van der Waals surface area contributed by atoms with Crippen LogP contribution in [0.1, 0.15) is 0 Å². The summed E-state index contributed by atoms with van der Waals surface area (Å²) in [6.07, 6.45) is 1.76. The first kappa shape index (κ1) is 10.7. The molecule has 3 aromatic rings. The zero-order valence-corrected chi connectivity index (χ0v) is 9.60. The molecular weight excluding hydrogens is 227 g/mol. The Morgan fingerprint density at radius 2 is 1.67 bits per heavy atom. The molecule has 0 bridgehead atoms. The number of nitrogens with one attached hydrogen (secondary N) is 1. The molecular formula is C15H11FN2. The number of hydrogen-bond acceptors (Lipinski definition) is 2. The van der Waals surface area contributed by atoms with Gasteiger partial charge >= 0.3 is 0 Å². The molecule has 0 fully saturated rings. The molecule has 0 saturated carbocycles. The van der Waals surface area contributed by atoms with E-state index in [4.69, 9.17) is 0 Å². The van der Waals surface area contributed by atoms with Crippen LogP contribution in [-0.4, -0.2) is 4.98 Å². The van der Waals surface area contributed by atoms with E-state index in [1.165, 1.54) is 12.1 Å². The van der Waals surface area contributed by atoms with Crippen LogP contribution >= 0.6 is 0 Å². The molecule has 3 heteroatoms. The molecule has 0 aliphatic heterocycles.